The lowest BCUT2D eigenvalue weighted by molar-refractivity contribution is 0.0332. The van der Waals surface area contributed by atoms with E-state index in [1.807, 2.05) is 6.92 Å². The van der Waals surface area contributed by atoms with Crippen LogP contribution >= 0.6 is 0 Å². The lowest BCUT2D eigenvalue weighted by atomic mass is 10.0. The van der Waals surface area contributed by atoms with Gasteiger partial charge in [-0.3, -0.25) is 9.69 Å². The van der Waals surface area contributed by atoms with Gasteiger partial charge in [-0.2, -0.15) is 0 Å². The summed E-state index contributed by atoms with van der Waals surface area (Å²) >= 11 is 0. The van der Waals surface area contributed by atoms with Gasteiger partial charge in [-0.1, -0.05) is 29.8 Å². The Bertz CT molecular complexity index is 799. The number of carbonyl (C=O) groups excluding carboxylic acids is 2. The van der Waals surface area contributed by atoms with Gasteiger partial charge < -0.3 is 21.1 Å². The molecule has 3 amide bonds. The molecule has 0 spiro atoms. The third kappa shape index (κ3) is 5.55. The summed E-state index contributed by atoms with van der Waals surface area (Å²) in [6, 6.07) is 14.1. The van der Waals surface area contributed by atoms with E-state index in [9.17, 15) is 9.59 Å². The molecule has 2 aromatic carbocycles. The lowest BCUT2D eigenvalue weighted by Crippen LogP contribution is -2.43. The molecule has 28 heavy (non-hydrogen) atoms. The van der Waals surface area contributed by atoms with E-state index in [0.29, 0.717) is 24.5 Å². The van der Waals surface area contributed by atoms with Crippen molar-refractivity contribution in [3.63, 3.8) is 0 Å². The van der Waals surface area contributed by atoms with Gasteiger partial charge in [0.2, 0.25) is 0 Å². The van der Waals surface area contributed by atoms with Crippen LogP contribution in [0.3, 0.4) is 0 Å². The van der Waals surface area contributed by atoms with Crippen molar-refractivity contribution in [3.8, 4) is 0 Å². The maximum absolute atomic E-state index is 12.8. The van der Waals surface area contributed by atoms with Crippen molar-refractivity contribution < 1.29 is 14.3 Å². The number of aryl methyl sites for hydroxylation is 1. The number of carbonyl (C=O) groups is 2. The summed E-state index contributed by atoms with van der Waals surface area (Å²) in [5, 5.41) is 5.63. The van der Waals surface area contributed by atoms with Gasteiger partial charge in [0.15, 0.2) is 0 Å². The lowest BCUT2D eigenvalue weighted by Gasteiger charge is -2.31. The summed E-state index contributed by atoms with van der Waals surface area (Å²) in [5.74, 6) is -0.163. The highest BCUT2D eigenvalue weighted by atomic mass is 16.5. The summed E-state index contributed by atoms with van der Waals surface area (Å²) in [6.45, 7) is 5.89. The molecule has 1 atom stereocenters. The van der Waals surface area contributed by atoms with E-state index in [1.54, 1.807) is 24.3 Å². The van der Waals surface area contributed by atoms with Crippen LogP contribution < -0.4 is 16.4 Å². The Balaban J connectivity index is 1.72. The highest BCUT2D eigenvalue weighted by Gasteiger charge is 2.21. The molecule has 0 saturated carbocycles. The Morgan fingerprint density at radius 2 is 1.71 bits per heavy atom. The maximum atomic E-state index is 12.8. The summed E-state index contributed by atoms with van der Waals surface area (Å²) in [5.41, 5.74) is 8.43. The summed E-state index contributed by atoms with van der Waals surface area (Å²) in [4.78, 5) is 26.0. The van der Waals surface area contributed by atoms with Crippen LogP contribution in [0.15, 0.2) is 48.5 Å². The fourth-order valence-corrected chi connectivity index (χ4v) is 3.16. The Hall–Kier alpha value is -2.90. The molecule has 0 bridgehead atoms. The molecule has 3 rings (SSSR count). The smallest absolute Gasteiger partial charge is 0.316 e. The SMILES string of the molecule is Cc1ccc([C@@H](CN2CCOCC2)NC(=O)c2ccc(NC(N)=O)cc2)cc1. The van der Waals surface area contributed by atoms with Crippen molar-refractivity contribution in [1.82, 2.24) is 10.2 Å². The Kier molecular flexibility index (Phi) is 6.62. The van der Waals surface area contributed by atoms with E-state index in [4.69, 9.17) is 10.5 Å². The molecule has 1 aliphatic rings. The molecule has 4 N–H and O–H groups in total. The molecule has 0 unspecified atom stereocenters. The number of morpholine rings is 1. The first-order valence-corrected chi connectivity index (χ1v) is 9.35. The molecule has 1 heterocycles. The van der Waals surface area contributed by atoms with Crippen molar-refractivity contribution >= 4 is 17.6 Å². The Morgan fingerprint density at radius 3 is 2.32 bits per heavy atom. The van der Waals surface area contributed by atoms with Crippen LogP contribution in [0, 0.1) is 6.92 Å². The number of nitrogens with zero attached hydrogens (tertiary/aromatic N) is 1. The van der Waals surface area contributed by atoms with Gasteiger partial charge >= 0.3 is 6.03 Å². The Labute approximate surface area is 164 Å². The van der Waals surface area contributed by atoms with Crippen molar-refractivity contribution in [3.05, 3.63) is 65.2 Å². The number of benzene rings is 2. The second-order valence-corrected chi connectivity index (χ2v) is 6.92. The Morgan fingerprint density at radius 1 is 1.07 bits per heavy atom. The fourth-order valence-electron chi connectivity index (χ4n) is 3.16. The summed E-state index contributed by atoms with van der Waals surface area (Å²) in [6.07, 6.45) is 0. The first kappa shape index (κ1) is 19.9. The molecule has 0 aromatic heterocycles. The van der Waals surface area contributed by atoms with Gasteiger partial charge in [-0.05, 0) is 36.8 Å². The molecule has 1 fully saturated rings. The monoisotopic (exact) mass is 382 g/mol. The number of urea groups is 1. The predicted octanol–water partition coefficient (Wildman–Crippen LogP) is 2.29. The zero-order valence-electron chi connectivity index (χ0n) is 16.0. The topological polar surface area (TPSA) is 96.7 Å². The minimum Gasteiger partial charge on any atom is -0.379 e. The van der Waals surface area contributed by atoms with Crippen LogP contribution in [-0.2, 0) is 4.74 Å². The van der Waals surface area contributed by atoms with Crippen molar-refractivity contribution in [2.45, 2.75) is 13.0 Å². The zero-order valence-corrected chi connectivity index (χ0v) is 16.0. The van der Waals surface area contributed by atoms with E-state index in [2.05, 4.69) is 39.8 Å². The number of ether oxygens (including phenoxy) is 1. The molecule has 0 radical (unpaired) electrons. The third-order valence-electron chi connectivity index (χ3n) is 4.74. The molecule has 148 valence electrons. The van der Waals surface area contributed by atoms with Crippen LogP contribution in [0.4, 0.5) is 10.5 Å². The van der Waals surface area contributed by atoms with Gasteiger partial charge in [0.05, 0.1) is 19.3 Å². The summed E-state index contributed by atoms with van der Waals surface area (Å²) in [7, 11) is 0. The molecule has 7 heteroatoms. The number of hydrogen-bond acceptors (Lipinski definition) is 4. The van der Waals surface area contributed by atoms with Crippen LogP contribution in [-0.4, -0.2) is 49.7 Å². The van der Waals surface area contributed by atoms with Crippen LogP contribution in [0.5, 0.6) is 0 Å². The fraction of sp³-hybridized carbons (Fsp3) is 0.333. The normalized spacial score (nSPS) is 15.6. The first-order valence-electron chi connectivity index (χ1n) is 9.35. The molecular formula is C21H26N4O3. The number of hydrogen-bond donors (Lipinski definition) is 3. The van der Waals surface area contributed by atoms with E-state index in [-0.39, 0.29) is 11.9 Å². The van der Waals surface area contributed by atoms with Crippen molar-refractivity contribution in [1.29, 1.82) is 0 Å². The largest absolute Gasteiger partial charge is 0.379 e. The van der Waals surface area contributed by atoms with E-state index >= 15 is 0 Å². The number of nitrogens with two attached hydrogens (primary N) is 1. The number of anilines is 1. The van der Waals surface area contributed by atoms with Crippen LogP contribution in [0.1, 0.15) is 27.5 Å². The van der Waals surface area contributed by atoms with E-state index in [1.165, 1.54) is 5.56 Å². The zero-order chi connectivity index (χ0) is 19.9. The molecule has 1 saturated heterocycles. The summed E-state index contributed by atoms with van der Waals surface area (Å²) < 4.78 is 5.42. The quantitative estimate of drug-likeness (QED) is 0.714. The van der Waals surface area contributed by atoms with Crippen molar-refractivity contribution in [2.75, 3.05) is 38.2 Å². The predicted molar refractivity (Wildman–Crippen MR) is 108 cm³/mol. The molecule has 0 aliphatic carbocycles. The molecular weight excluding hydrogens is 356 g/mol. The minimum absolute atomic E-state index is 0.130. The highest BCUT2D eigenvalue weighted by molar-refractivity contribution is 5.95. The van der Waals surface area contributed by atoms with Gasteiger partial charge in [0, 0.05) is 30.9 Å². The number of rotatable bonds is 6. The van der Waals surface area contributed by atoms with Gasteiger partial charge in [0.1, 0.15) is 0 Å². The van der Waals surface area contributed by atoms with Crippen LogP contribution in [0.25, 0.3) is 0 Å². The van der Waals surface area contributed by atoms with Gasteiger partial charge in [-0.15, -0.1) is 0 Å². The minimum atomic E-state index is -0.637. The second-order valence-electron chi connectivity index (χ2n) is 6.92. The van der Waals surface area contributed by atoms with Gasteiger partial charge in [0.25, 0.3) is 5.91 Å². The first-order chi connectivity index (χ1) is 13.5. The molecule has 2 aromatic rings. The number of nitrogens with one attached hydrogen (secondary N) is 2. The highest BCUT2D eigenvalue weighted by Crippen LogP contribution is 2.18. The van der Waals surface area contributed by atoms with Crippen LogP contribution in [0.2, 0.25) is 0 Å². The molecule has 1 aliphatic heterocycles. The van der Waals surface area contributed by atoms with E-state index in [0.717, 1.165) is 25.2 Å². The van der Waals surface area contributed by atoms with E-state index < -0.39 is 6.03 Å². The average molecular weight is 382 g/mol. The van der Waals surface area contributed by atoms with Crippen molar-refractivity contribution in [2.24, 2.45) is 5.73 Å². The molecule has 7 nitrogen and oxygen atoms in total. The third-order valence-corrected chi connectivity index (χ3v) is 4.74. The average Bonchev–Trinajstić information content (AvgIpc) is 2.69. The second kappa shape index (κ2) is 9.34. The number of primary amides is 1. The standard InChI is InChI=1S/C21H26N4O3/c1-15-2-4-16(5-3-15)19(14-25-10-12-28-13-11-25)24-20(26)17-6-8-18(9-7-17)23-21(22)27/h2-9,19H,10-14H2,1H3,(H,24,26)(H3,22,23,27)/t19-/m1/s1. The number of amides is 3. The van der Waals surface area contributed by atoms with Gasteiger partial charge in [-0.25, -0.2) is 4.79 Å². The maximum Gasteiger partial charge on any atom is 0.316 e.